The van der Waals surface area contributed by atoms with Crippen molar-refractivity contribution in [1.29, 1.82) is 0 Å². The molecule has 5 nitrogen and oxygen atoms in total. The van der Waals surface area contributed by atoms with Crippen LogP contribution in [0, 0.1) is 19.8 Å². The highest BCUT2D eigenvalue weighted by Crippen LogP contribution is 2.27. The van der Waals surface area contributed by atoms with Gasteiger partial charge in [-0.05, 0) is 37.5 Å². The molecule has 0 aliphatic carbocycles. The number of thiazole rings is 1. The average molecular weight is 329 g/mol. The summed E-state index contributed by atoms with van der Waals surface area (Å²) in [4.78, 5) is 27.9. The molecule has 1 saturated heterocycles. The van der Waals surface area contributed by atoms with Crippen LogP contribution in [0.4, 0.5) is 5.13 Å². The number of carbonyl (C=O) groups is 2. The maximum Gasteiger partial charge on any atom is 0.231 e. The van der Waals surface area contributed by atoms with Crippen LogP contribution < -0.4 is 10.6 Å². The Hall–Kier alpha value is -2.21. The van der Waals surface area contributed by atoms with Crippen LogP contribution in [0.2, 0.25) is 0 Å². The molecule has 1 aromatic heterocycles. The quantitative estimate of drug-likeness (QED) is 0.909. The van der Waals surface area contributed by atoms with E-state index in [4.69, 9.17) is 0 Å². The van der Waals surface area contributed by atoms with Crippen LogP contribution >= 0.6 is 11.3 Å². The number of hydrogen-bond acceptors (Lipinski definition) is 4. The first-order chi connectivity index (χ1) is 11.0. The molecule has 6 heteroatoms. The molecule has 1 aromatic carbocycles. The molecule has 1 fully saturated rings. The minimum absolute atomic E-state index is 0.0142. The number of aryl methyl sites for hydroxylation is 2. The van der Waals surface area contributed by atoms with Crippen molar-refractivity contribution in [3.63, 3.8) is 0 Å². The molecule has 2 heterocycles. The van der Waals surface area contributed by atoms with Crippen molar-refractivity contribution in [2.75, 3.05) is 11.9 Å². The summed E-state index contributed by atoms with van der Waals surface area (Å²) in [5.74, 6) is -0.243. The van der Waals surface area contributed by atoms with E-state index in [-0.39, 0.29) is 17.7 Å². The van der Waals surface area contributed by atoms with Crippen molar-refractivity contribution in [2.45, 2.75) is 26.7 Å². The van der Waals surface area contributed by atoms with Crippen molar-refractivity contribution >= 4 is 28.3 Å². The third-order valence-electron chi connectivity index (χ3n) is 4.17. The van der Waals surface area contributed by atoms with Crippen molar-refractivity contribution in [3.05, 3.63) is 34.7 Å². The molecule has 1 unspecified atom stereocenters. The van der Waals surface area contributed by atoms with E-state index in [1.54, 1.807) is 0 Å². The zero-order valence-corrected chi connectivity index (χ0v) is 14.0. The molecule has 2 N–H and O–H groups in total. The number of nitrogens with zero attached hydrogens (tertiary/aromatic N) is 1. The number of benzene rings is 1. The fourth-order valence-corrected chi connectivity index (χ4v) is 3.25. The van der Waals surface area contributed by atoms with Crippen LogP contribution in [0.1, 0.15) is 24.0 Å². The highest BCUT2D eigenvalue weighted by atomic mass is 32.1. The van der Waals surface area contributed by atoms with Gasteiger partial charge in [0.2, 0.25) is 11.8 Å². The molecule has 1 aliphatic heterocycles. The molecule has 2 amide bonds. The van der Waals surface area contributed by atoms with Gasteiger partial charge in [-0.2, -0.15) is 0 Å². The fourth-order valence-electron chi connectivity index (χ4n) is 2.53. The molecule has 1 atom stereocenters. The van der Waals surface area contributed by atoms with Gasteiger partial charge in [0.15, 0.2) is 5.13 Å². The zero-order chi connectivity index (χ0) is 16.4. The Morgan fingerprint density at radius 2 is 2.17 bits per heavy atom. The van der Waals surface area contributed by atoms with Crippen LogP contribution in [0.5, 0.6) is 0 Å². The van der Waals surface area contributed by atoms with Gasteiger partial charge in [0.05, 0.1) is 11.6 Å². The van der Waals surface area contributed by atoms with Gasteiger partial charge in [-0.3, -0.25) is 9.59 Å². The third-order valence-corrected chi connectivity index (χ3v) is 4.93. The first-order valence-corrected chi connectivity index (χ1v) is 8.51. The van der Waals surface area contributed by atoms with Crippen LogP contribution in [0.25, 0.3) is 11.3 Å². The van der Waals surface area contributed by atoms with Gasteiger partial charge in [-0.25, -0.2) is 4.98 Å². The second-order valence-electron chi connectivity index (χ2n) is 5.87. The van der Waals surface area contributed by atoms with Crippen LogP contribution in [-0.4, -0.2) is 23.3 Å². The minimum atomic E-state index is -0.179. The lowest BCUT2D eigenvalue weighted by atomic mass is 9.98. The molecule has 1 aliphatic rings. The summed E-state index contributed by atoms with van der Waals surface area (Å²) in [6.07, 6.45) is 0.997. The van der Waals surface area contributed by atoms with E-state index >= 15 is 0 Å². The molecule has 0 saturated carbocycles. The van der Waals surface area contributed by atoms with E-state index in [9.17, 15) is 9.59 Å². The van der Waals surface area contributed by atoms with Crippen molar-refractivity contribution in [3.8, 4) is 11.3 Å². The van der Waals surface area contributed by atoms with E-state index in [1.165, 1.54) is 22.5 Å². The first kappa shape index (κ1) is 15.7. The Morgan fingerprint density at radius 1 is 1.35 bits per heavy atom. The van der Waals surface area contributed by atoms with Gasteiger partial charge in [0, 0.05) is 23.9 Å². The lowest BCUT2D eigenvalue weighted by Gasteiger charge is -2.20. The van der Waals surface area contributed by atoms with E-state index < -0.39 is 0 Å². The zero-order valence-electron chi connectivity index (χ0n) is 13.2. The predicted molar refractivity (Wildman–Crippen MR) is 91.4 cm³/mol. The highest BCUT2D eigenvalue weighted by Gasteiger charge is 2.25. The van der Waals surface area contributed by atoms with Gasteiger partial charge in [-0.1, -0.05) is 12.1 Å². The summed E-state index contributed by atoms with van der Waals surface area (Å²) in [6.45, 7) is 4.56. The summed E-state index contributed by atoms with van der Waals surface area (Å²) in [7, 11) is 0. The van der Waals surface area contributed by atoms with Gasteiger partial charge in [0.25, 0.3) is 0 Å². The first-order valence-electron chi connectivity index (χ1n) is 7.63. The average Bonchev–Trinajstić information content (AvgIpc) is 2.99. The number of anilines is 1. The normalized spacial score (nSPS) is 17.7. The smallest absolute Gasteiger partial charge is 0.231 e. The molecule has 0 spiro atoms. The lowest BCUT2D eigenvalue weighted by molar-refractivity contribution is -0.126. The highest BCUT2D eigenvalue weighted by molar-refractivity contribution is 7.14. The molecule has 0 bridgehead atoms. The number of piperidine rings is 1. The van der Waals surface area contributed by atoms with Gasteiger partial charge in [0.1, 0.15) is 0 Å². The fraction of sp³-hybridized carbons (Fsp3) is 0.353. The number of amides is 2. The van der Waals surface area contributed by atoms with Gasteiger partial charge in [-0.15, -0.1) is 11.3 Å². The topological polar surface area (TPSA) is 71.1 Å². The second kappa shape index (κ2) is 6.50. The summed E-state index contributed by atoms with van der Waals surface area (Å²) >= 11 is 1.42. The third kappa shape index (κ3) is 3.59. The van der Waals surface area contributed by atoms with E-state index in [1.807, 2.05) is 11.4 Å². The summed E-state index contributed by atoms with van der Waals surface area (Å²) in [5.41, 5.74) is 4.39. The van der Waals surface area contributed by atoms with Crippen molar-refractivity contribution < 1.29 is 9.59 Å². The van der Waals surface area contributed by atoms with Crippen molar-refractivity contribution in [2.24, 2.45) is 5.92 Å². The number of nitrogens with one attached hydrogen (secondary N) is 2. The largest absolute Gasteiger partial charge is 0.355 e. The molecule has 23 heavy (non-hydrogen) atoms. The predicted octanol–water partition coefficient (Wildman–Crippen LogP) is 2.89. The minimum Gasteiger partial charge on any atom is -0.355 e. The summed E-state index contributed by atoms with van der Waals surface area (Å²) in [5, 5.41) is 8.13. The van der Waals surface area contributed by atoms with Crippen molar-refractivity contribution in [1.82, 2.24) is 10.3 Å². The number of hydrogen-bond donors (Lipinski definition) is 2. The molecule has 3 rings (SSSR count). The summed E-state index contributed by atoms with van der Waals surface area (Å²) in [6, 6.07) is 6.22. The monoisotopic (exact) mass is 329 g/mol. The SMILES string of the molecule is Cc1ccc(-c2csc(NC(=O)C3CCC(=O)NC3)n2)cc1C. The molecule has 120 valence electrons. The van der Waals surface area contributed by atoms with E-state index in [0.717, 1.165) is 11.3 Å². The molecular weight excluding hydrogens is 310 g/mol. The lowest BCUT2D eigenvalue weighted by Crippen LogP contribution is -2.40. The maximum atomic E-state index is 12.2. The standard InChI is InChI=1S/C17H19N3O2S/c1-10-3-4-12(7-11(10)2)14-9-23-17(19-14)20-16(22)13-5-6-15(21)18-8-13/h3-4,7,9,13H,5-6,8H2,1-2H3,(H,18,21)(H,19,20,22). The van der Waals surface area contributed by atoms with Crippen LogP contribution in [-0.2, 0) is 9.59 Å². The maximum absolute atomic E-state index is 12.2. The second-order valence-corrected chi connectivity index (χ2v) is 6.72. The van der Waals surface area contributed by atoms with Gasteiger partial charge >= 0.3 is 0 Å². The Kier molecular flexibility index (Phi) is 4.43. The van der Waals surface area contributed by atoms with Crippen LogP contribution in [0.3, 0.4) is 0 Å². The molecular formula is C17H19N3O2S. The molecule has 2 aromatic rings. The Labute approximate surface area is 139 Å². The number of aromatic nitrogens is 1. The van der Waals surface area contributed by atoms with E-state index in [0.29, 0.717) is 24.5 Å². The van der Waals surface area contributed by atoms with Gasteiger partial charge < -0.3 is 10.6 Å². The number of carbonyl (C=O) groups excluding carboxylic acids is 2. The number of rotatable bonds is 3. The Bertz CT molecular complexity index is 744. The summed E-state index contributed by atoms with van der Waals surface area (Å²) < 4.78 is 0. The van der Waals surface area contributed by atoms with E-state index in [2.05, 4.69) is 41.6 Å². The Balaban J connectivity index is 1.68. The molecule has 0 radical (unpaired) electrons. The Morgan fingerprint density at radius 3 is 2.87 bits per heavy atom. The van der Waals surface area contributed by atoms with Crippen LogP contribution in [0.15, 0.2) is 23.6 Å².